The maximum Gasteiger partial charge on any atom is 0.271 e. The average molecular weight is 270 g/mol. The van der Waals surface area contributed by atoms with Crippen LogP contribution in [0.2, 0.25) is 0 Å². The van der Waals surface area contributed by atoms with Crippen LogP contribution in [-0.2, 0) is 0 Å². The lowest BCUT2D eigenvalue weighted by molar-refractivity contribution is -0.384. The molecule has 0 unspecified atom stereocenters. The quantitative estimate of drug-likeness (QED) is 0.400. The third kappa shape index (κ3) is 3.14. The second-order valence-electron chi connectivity index (χ2n) is 4.18. The van der Waals surface area contributed by atoms with Gasteiger partial charge in [0.15, 0.2) is 0 Å². The molecule has 0 aliphatic rings. The van der Waals surface area contributed by atoms with Crippen LogP contribution < -0.4 is 10.5 Å². The topological polar surface area (TPSA) is 78.4 Å². The van der Waals surface area contributed by atoms with E-state index < -0.39 is 4.92 Å². The number of methoxy groups -OCH3 is 1. The molecule has 2 aromatic rings. The maximum atomic E-state index is 10.6. The van der Waals surface area contributed by atoms with Crippen molar-refractivity contribution < 1.29 is 9.66 Å². The minimum Gasteiger partial charge on any atom is -0.497 e. The van der Waals surface area contributed by atoms with E-state index in [4.69, 9.17) is 10.5 Å². The summed E-state index contributed by atoms with van der Waals surface area (Å²) in [6.45, 7) is 0. The van der Waals surface area contributed by atoms with Crippen LogP contribution in [0.1, 0.15) is 11.1 Å². The number of nitrogens with zero attached hydrogens (tertiary/aromatic N) is 1. The number of anilines is 1. The molecule has 0 saturated carbocycles. The molecule has 0 aromatic heterocycles. The highest BCUT2D eigenvalue weighted by atomic mass is 16.6. The Morgan fingerprint density at radius 1 is 1.15 bits per heavy atom. The van der Waals surface area contributed by atoms with E-state index in [-0.39, 0.29) is 5.69 Å². The van der Waals surface area contributed by atoms with Crippen LogP contribution >= 0.6 is 0 Å². The molecule has 102 valence electrons. The molecule has 0 bridgehead atoms. The fourth-order valence-electron chi connectivity index (χ4n) is 1.73. The first-order valence-corrected chi connectivity index (χ1v) is 5.96. The molecule has 0 amide bonds. The second-order valence-corrected chi connectivity index (χ2v) is 4.18. The molecule has 0 aliphatic heterocycles. The van der Waals surface area contributed by atoms with Gasteiger partial charge in [0.2, 0.25) is 0 Å². The number of nitro groups is 1. The lowest BCUT2D eigenvalue weighted by Crippen LogP contribution is -1.93. The third-order valence-electron chi connectivity index (χ3n) is 2.85. The number of hydrogen-bond donors (Lipinski definition) is 1. The Morgan fingerprint density at radius 2 is 1.85 bits per heavy atom. The SMILES string of the molecule is COc1ccc(/C=C/c2ccc([N+](=O)[O-])cc2N)cc1. The Balaban J connectivity index is 2.20. The van der Waals surface area contributed by atoms with Crippen molar-refractivity contribution in [3.05, 3.63) is 63.7 Å². The fourth-order valence-corrected chi connectivity index (χ4v) is 1.73. The van der Waals surface area contributed by atoms with Gasteiger partial charge in [0.1, 0.15) is 5.75 Å². The Labute approximate surface area is 116 Å². The van der Waals surface area contributed by atoms with Crippen LogP contribution in [0, 0.1) is 10.1 Å². The highest BCUT2D eigenvalue weighted by Crippen LogP contribution is 2.22. The van der Waals surface area contributed by atoms with Crippen LogP contribution in [-0.4, -0.2) is 12.0 Å². The van der Waals surface area contributed by atoms with E-state index in [0.717, 1.165) is 16.9 Å². The Hall–Kier alpha value is -2.82. The summed E-state index contributed by atoms with van der Waals surface area (Å²) in [6, 6.07) is 12.0. The molecule has 0 radical (unpaired) electrons. The average Bonchev–Trinajstić information content (AvgIpc) is 2.46. The van der Waals surface area contributed by atoms with E-state index in [1.54, 1.807) is 13.2 Å². The van der Waals surface area contributed by atoms with Gasteiger partial charge in [0, 0.05) is 17.8 Å². The summed E-state index contributed by atoms with van der Waals surface area (Å²) >= 11 is 0. The summed E-state index contributed by atoms with van der Waals surface area (Å²) in [5.41, 5.74) is 7.89. The van der Waals surface area contributed by atoms with Crippen molar-refractivity contribution in [3.8, 4) is 5.75 Å². The van der Waals surface area contributed by atoms with Crippen LogP contribution in [0.15, 0.2) is 42.5 Å². The smallest absolute Gasteiger partial charge is 0.271 e. The Kier molecular flexibility index (Phi) is 4.00. The number of rotatable bonds is 4. The van der Waals surface area contributed by atoms with Gasteiger partial charge in [-0.1, -0.05) is 24.3 Å². The van der Waals surface area contributed by atoms with Gasteiger partial charge in [-0.3, -0.25) is 10.1 Å². The molecule has 5 heteroatoms. The van der Waals surface area contributed by atoms with Gasteiger partial charge in [-0.2, -0.15) is 0 Å². The largest absolute Gasteiger partial charge is 0.497 e. The molecule has 20 heavy (non-hydrogen) atoms. The molecule has 2 aromatic carbocycles. The van der Waals surface area contributed by atoms with Crippen LogP contribution in [0.25, 0.3) is 12.2 Å². The summed E-state index contributed by atoms with van der Waals surface area (Å²) in [5.74, 6) is 0.789. The van der Waals surface area contributed by atoms with Gasteiger partial charge < -0.3 is 10.5 Å². The zero-order valence-electron chi connectivity index (χ0n) is 10.9. The first-order chi connectivity index (χ1) is 9.60. The third-order valence-corrected chi connectivity index (χ3v) is 2.85. The number of nitrogen functional groups attached to an aromatic ring is 1. The summed E-state index contributed by atoms with van der Waals surface area (Å²) < 4.78 is 5.08. The highest BCUT2D eigenvalue weighted by molar-refractivity contribution is 5.76. The van der Waals surface area contributed by atoms with Crippen molar-refractivity contribution in [1.29, 1.82) is 0 Å². The minimum absolute atomic E-state index is 0.0101. The van der Waals surface area contributed by atoms with Crippen molar-refractivity contribution in [1.82, 2.24) is 0 Å². The molecule has 0 aliphatic carbocycles. The molecular weight excluding hydrogens is 256 g/mol. The highest BCUT2D eigenvalue weighted by Gasteiger charge is 2.06. The number of hydrogen-bond acceptors (Lipinski definition) is 4. The normalized spacial score (nSPS) is 10.7. The van der Waals surface area contributed by atoms with Gasteiger partial charge in [0.05, 0.1) is 12.0 Å². The van der Waals surface area contributed by atoms with Crippen molar-refractivity contribution in [3.63, 3.8) is 0 Å². The number of benzene rings is 2. The molecular formula is C15H14N2O3. The molecule has 0 spiro atoms. The van der Waals surface area contributed by atoms with E-state index in [1.807, 2.05) is 36.4 Å². The van der Waals surface area contributed by atoms with Gasteiger partial charge in [-0.05, 0) is 29.3 Å². The number of non-ortho nitro benzene ring substituents is 1. The molecule has 0 fully saturated rings. The van der Waals surface area contributed by atoms with Crippen molar-refractivity contribution in [2.24, 2.45) is 0 Å². The summed E-state index contributed by atoms with van der Waals surface area (Å²) in [5, 5.41) is 10.6. The first-order valence-electron chi connectivity index (χ1n) is 5.96. The number of nitro benzene ring substituents is 1. The number of ether oxygens (including phenoxy) is 1. The summed E-state index contributed by atoms with van der Waals surface area (Å²) in [7, 11) is 1.61. The van der Waals surface area contributed by atoms with Gasteiger partial charge in [0.25, 0.3) is 5.69 Å². The lowest BCUT2D eigenvalue weighted by Gasteiger charge is -2.01. The van der Waals surface area contributed by atoms with E-state index in [2.05, 4.69) is 0 Å². The zero-order chi connectivity index (χ0) is 14.5. The second kappa shape index (κ2) is 5.88. The molecule has 5 nitrogen and oxygen atoms in total. The molecule has 0 heterocycles. The Bertz CT molecular complexity index is 649. The number of nitrogens with two attached hydrogens (primary N) is 1. The predicted octanol–water partition coefficient (Wildman–Crippen LogP) is 3.36. The van der Waals surface area contributed by atoms with Crippen molar-refractivity contribution in [2.45, 2.75) is 0 Å². The van der Waals surface area contributed by atoms with Crippen molar-refractivity contribution >= 4 is 23.5 Å². The van der Waals surface area contributed by atoms with Gasteiger partial charge in [-0.25, -0.2) is 0 Å². The minimum atomic E-state index is -0.465. The van der Waals surface area contributed by atoms with Crippen molar-refractivity contribution in [2.75, 3.05) is 12.8 Å². The van der Waals surface area contributed by atoms with Gasteiger partial charge in [-0.15, -0.1) is 0 Å². The van der Waals surface area contributed by atoms with E-state index in [1.165, 1.54) is 12.1 Å². The maximum absolute atomic E-state index is 10.6. The predicted molar refractivity (Wildman–Crippen MR) is 79.4 cm³/mol. The lowest BCUT2D eigenvalue weighted by atomic mass is 10.1. The molecule has 0 saturated heterocycles. The van der Waals surface area contributed by atoms with Crippen LogP contribution in [0.5, 0.6) is 5.75 Å². The Morgan fingerprint density at radius 3 is 2.40 bits per heavy atom. The monoisotopic (exact) mass is 270 g/mol. The molecule has 2 rings (SSSR count). The van der Waals surface area contributed by atoms with Gasteiger partial charge >= 0.3 is 0 Å². The standard InChI is InChI=1S/C15H14N2O3/c1-20-14-8-3-11(4-9-14)2-5-12-6-7-13(17(18)19)10-15(12)16/h2-10H,16H2,1H3/b5-2+. The van der Waals surface area contributed by atoms with E-state index in [9.17, 15) is 10.1 Å². The zero-order valence-corrected chi connectivity index (χ0v) is 10.9. The summed E-state index contributed by atoms with van der Waals surface area (Å²) in [6.07, 6.45) is 3.71. The molecule has 0 atom stereocenters. The summed E-state index contributed by atoms with van der Waals surface area (Å²) in [4.78, 5) is 10.2. The molecule has 2 N–H and O–H groups in total. The fraction of sp³-hybridized carbons (Fsp3) is 0.0667. The van der Waals surface area contributed by atoms with E-state index in [0.29, 0.717) is 5.69 Å². The van der Waals surface area contributed by atoms with Crippen LogP contribution in [0.4, 0.5) is 11.4 Å². The van der Waals surface area contributed by atoms with E-state index >= 15 is 0 Å². The van der Waals surface area contributed by atoms with Crippen LogP contribution in [0.3, 0.4) is 0 Å². The first kappa shape index (κ1) is 13.6.